The highest BCUT2D eigenvalue weighted by molar-refractivity contribution is 5.24. The Morgan fingerprint density at radius 1 is 1.36 bits per heavy atom. The van der Waals surface area contributed by atoms with Crippen LogP contribution in [0.15, 0.2) is 48.4 Å². The van der Waals surface area contributed by atoms with Crippen molar-refractivity contribution >= 4 is 0 Å². The third-order valence-electron chi connectivity index (χ3n) is 2.56. The zero-order valence-electron chi connectivity index (χ0n) is 9.21. The highest BCUT2D eigenvalue weighted by atomic mass is 15.2. The van der Waals surface area contributed by atoms with Gasteiger partial charge in [0.25, 0.3) is 0 Å². The van der Waals surface area contributed by atoms with Crippen LogP contribution in [0.2, 0.25) is 0 Å². The third kappa shape index (κ3) is 2.63. The van der Waals surface area contributed by atoms with Gasteiger partial charge in [0.05, 0.1) is 0 Å². The fourth-order valence-corrected chi connectivity index (χ4v) is 1.57. The highest BCUT2D eigenvalue weighted by Gasteiger charge is 2.15. The quantitative estimate of drug-likeness (QED) is 0.613. The molecule has 0 aromatic carbocycles. The Morgan fingerprint density at radius 3 is 2.57 bits per heavy atom. The largest absolute Gasteiger partial charge is 0.349 e. The molecule has 0 aromatic rings. The molecule has 14 heavy (non-hydrogen) atoms. The monoisotopic (exact) mass is 189 g/mol. The van der Waals surface area contributed by atoms with E-state index in [9.17, 15) is 0 Å². The Labute approximate surface area is 87.1 Å². The molecule has 1 nitrogen and oxygen atoms in total. The number of hydrogen-bond donors (Lipinski definition) is 0. The summed E-state index contributed by atoms with van der Waals surface area (Å²) in [5.74, 6) is 0. The lowest BCUT2D eigenvalue weighted by Crippen LogP contribution is -2.14. The summed E-state index contributed by atoms with van der Waals surface area (Å²) in [7, 11) is 0. The lowest BCUT2D eigenvalue weighted by Gasteiger charge is -2.19. The lowest BCUT2D eigenvalue weighted by atomic mass is 10.2. The smallest absolute Gasteiger partial charge is 0.0228 e. The molecule has 0 saturated carbocycles. The van der Waals surface area contributed by atoms with Crippen molar-refractivity contribution in [2.75, 3.05) is 6.54 Å². The van der Waals surface area contributed by atoms with Crippen LogP contribution in [-0.4, -0.2) is 11.4 Å². The van der Waals surface area contributed by atoms with Crippen LogP contribution < -0.4 is 0 Å². The minimum atomic E-state index is 1.11. The Balaban J connectivity index is 2.68. The predicted molar refractivity (Wildman–Crippen MR) is 62.8 cm³/mol. The molecule has 1 heterocycles. The second kappa shape index (κ2) is 4.85. The first-order valence-corrected chi connectivity index (χ1v) is 5.08. The summed E-state index contributed by atoms with van der Waals surface area (Å²) in [6, 6.07) is 0. The fourth-order valence-electron chi connectivity index (χ4n) is 1.57. The number of allylic oxidation sites excluding steroid dienone is 6. The van der Waals surface area contributed by atoms with E-state index in [0.717, 1.165) is 13.0 Å². The Morgan fingerprint density at radius 2 is 2.07 bits per heavy atom. The number of hydrogen-bond acceptors (Lipinski definition) is 1. The second-order valence-corrected chi connectivity index (χ2v) is 3.74. The van der Waals surface area contributed by atoms with E-state index in [1.165, 1.54) is 23.4 Å². The molecule has 1 saturated heterocycles. The molecule has 0 N–H and O–H groups in total. The summed E-state index contributed by atoms with van der Waals surface area (Å²) in [6.07, 6.45) is 8.45. The van der Waals surface area contributed by atoms with Gasteiger partial charge in [-0.2, -0.15) is 0 Å². The summed E-state index contributed by atoms with van der Waals surface area (Å²) in [5.41, 5.74) is 3.70. The molecule has 0 aliphatic carbocycles. The topological polar surface area (TPSA) is 3.24 Å². The van der Waals surface area contributed by atoms with Gasteiger partial charge < -0.3 is 4.90 Å². The predicted octanol–water partition coefficient (Wildman–Crippen LogP) is 3.63. The highest BCUT2D eigenvalue weighted by Crippen LogP contribution is 2.23. The zero-order chi connectivity index (χ0) is 10.6. The number of likely N-dealkylation sites (tertiary alicyclic amines) is 1. The van der Waals surface area contributed by atoms with Gasteiger partial charge in [0.1, 0.15) is 0 Å². The van der Waals surface area contributed by atoms with E-state index in [1.54, 1.807) is 0 Å². The van der Waals surface area contributed by atoms with Crippen molar-refractivity contribution in [2.24, 2.45) is 0 Å². The van der Waals surface area contributed by atoms with E-state index in [4.69, 9.17) is 0 Å². The van der Waals surface area contributed by atoms with Gasteiger partial charge in [-0.15, -0.1) is 0 Å². The first-order chi connectivity index (χ1) is 6.65. The van der Waals surface area contributed by atoms with Crippen LogP contribution in [-0.2, 0) is 0 Å². The van der Waals surface area contributed by atoms with Gasteiger partial charge in [0, 0.05) is 17.9 Å². The average molecular weight is 189 g/mol. The van der Waals surface area contributed by atoms with Crippen LogP contribution in [0.5, 0.6) is 0 Å². The molecule has 76 valence electrons. The molecule has 1 aliphatic rings. The van der Waals surface area contributed by atoms with Crippen LogP contribution in [0, 0.1) is 0 Å². The molecule has 1 aliphatic heterocycles. The van der Waals surface area contributed by atoms with Gasteiger partial charge in [0.2, 0.25) is 0 Å². The van der Waals surface area contributed by atoms with Crippen LogP contribution in [0.3, 0.4) is 0 Å². The van der Waals surface area contributed by atoms with Gasteiger partial charge in [-0.3, -0.25) is 0 Å². The lowest BCUT2D eigenvalue weighted by molar-refractivity contribution is 0.491. The van der Waals surface area contributed by atoms with Gasteiger partial charge >= 0.3 is 0 Å². The van der Waals surface area contributed by atoms with Crippen molar-refractivity contribution in [3.63, 3.8) is 0 Å². The maximum Gasteiger partial charge on any atom is 0.0228 e. The van der Waals surface area contributed by atoms with E-state index < -0.39 is 0 Å². The van der Waals surface area contributed by atoms with E-state index >= 15 is 0 Å². The maximum atomic E-state index is 4.05. The average Bonchev–Trinajstić information content (AvgIpc) is 2.60. The second-order valence-electron chi connectivity index (χ2n) is 3.74. The van der Waals surface area contributed by atoms with Crippen molar-refractivity contribution in [1.29, 1.82) is 0 Å². The summed E-state index contributed by atoms with van der Waals surface area (Å²) in [4.78, 5) is 2.28. The van der Waals surface area contributed by atoms with E-state index in [-0.39, 0.29) is 0 Å². The normalized spacial score (nSPS) is 19.0. The Kier molecular flexibility index (Phi) is 3.75. The van der Waals surface area contributed by atoms with Gasteiger partial charge in [-0.25, -0.2) is 0 Å². The molecule has 0 aromatic heterocycles. The van der Waals surface area contributed by atoms with E-state index in [1.807, 2.05) is 6.08 Å². The first-order valence-electron chi connectivity index (χ1n) is 5.08. The molecule has 0 amide bonds. The molecule has 0 unspecified atom stereocenters. The van der Waals surface area contributed by atoms with Crippen molar-refractivity contribution in [3.05, 3.63) is 48.4 Å². The Bertz CT molecular complexity index is 294. The van der Waals surface area contributed by atoms with Gasteiger partial charge in [0.15, 0.2) is 0 Å². The Hall–Kier alpha value is -1.24. The molecule has 0 radical (unpaired) electrons. The van der Waals surface area contributed by atoms with Gasteiger partial charge in [-0.1, -0.05) is 30.9 Å². The van der Waals surface area contributed by atoms with Crippen LogP contribution in [0.25, 0.3) is 0 Å². The summed E-state index contributed by atoms with van der Waals surface area (Å²) >= 11 is 0. The molecule has 0 spiro atoms. The molecule has 1 rings (SSSR count). The van der Waals surface area contributed by atoms with Crippen molar-refractivity contribution in [1.82, 2.24) is 4.90 Å². The molecule has 1 heteroatoms. The third-order valence-corrected chi connectivity index (χ3v) is 2.56. The standard InChI is InChI=1S/C13H19N/c1-5-11(2)8-9-13(4)14-10-6-7-12(14)3/h5,8-9H,1,3,6-7,10H2,2,4H3/b11-8-,13-9+. The molecule has 1 fully saturated rings. The molecule has 0 atom stereocenters. The molecule has 0 bridgehead atoms. The fraction of sp³-hybridized carbons (Fsp3) is 0.385. The zero-order valence-corrected chi connectivity index (χ0v) is 9.21. The maximum absolute atomic E-state index is 4.05. The van der Waals surface area contributed by atoms with E-state index in [2.05, 4.69) is 44.1 Å². The summed E-state index contributed by atoms with van der Waals surface area (Å²) in [6.45, 7) is 13.1. The molecular weight excluding hydrogens is 170 g/mol. The minimum Gasteiger partial charge on any atom is -0.349 e. The minimum absolute atomic E-state index is 1.11. The summed E-state index contributed by atoms with van der Waals surface area (Å²) < 4.78 is 0. The number of nitrogens with zero attached hydrogens (tertiary/aromatic N) is 1. The van der Waals surface area contributed by atoms with E-state index in [0.29, 0.717) is 0 Å². The molecular formula is C13H19N. The van der Waals surface area contributed by atoms with Gasteiger partial charge in [-0.05, 0) is 32.8 Å². The number of rotatable bonds is 3. The first kappa shape index (κ1) is 10.8. The van der Waals surface area contributed by atoms with Crippen molar-refractivity contribution < 1.29 is 0 Å². The summed E-state index contributed by atoms with van der Waals surface area (Å²) in [5, 5.41) is 0. The van der Waals surface area contributed by atoms with Crippen LogP contribution in [0.4, 0.5) is 0 Å². The van der Waals surface area contributed by atoms with Crippen LogP contribution >= 0.6 is 0 Å². The SMILES string of the molecule is C=C/C(C)=C\C=C(/C)N1CCCC1=C. The van der Waals surface area contributed by atoms with Crippen molar-refractivity contribution in [3.8, 4) is 0 Å². The van der Waals surface area contributed by atoms with Crippen molar-refractivity contribution in [2.45, 2.75) is 26.7 Å². The van der Waals surface area contributed by atoms with Crippen LogP contribution in [0.1, 0.15) is 26.7 Å².